The maximum absolute atomic E-state index is 12.1. The first-order chi connectivity index (χ1) is 10.5. The molecule has 0 bridgehead atoms. The molecule has 1 aromatic carbocycles. The fourth-order valence-corrected chi connectivity index (χ4v) is 1.77. The minimum absolute atomic E-state index is 0.0143. The Bertz CT molecular complexity index is 664. The normalized spacial score (nSPS) is 10.4. The fourth-order valence-electron chi connectivity index (χ4n) is 1.77. The maximum atomic E-state index is 12.1. The van der Waals surface area contributed by atoms with Crippen molar-refractivity contribution in [3.05, 3.63) is 47.8 Å². The van der Waals surface area contributed by atoms with E-state index in [1.807, 2.05) is 13.8 Å². The lowest BCUT2D eigenvalue weighted by atomic mass is 10.1. The molecule has 0 atom stereocenters. The van der Waals surface area contributed by atoms with Gasteiger partial charge in [0.05, 0.1) is 5.56 Å². The molecule has 114 valence electrons. The monoisotopic (exact) mass is 298 g/mol. The Balaban J connectivity index is 2.03. The van der Waals surface area contributed by atoms with E-state index in [4.69, 9.17) is 0 Å². The third-order valence-electron chi connectivity index (χ3n) is 2.88. The van der Waals surface area contributed by atoms with Gasteiger partial charge >= 0.3 is 0 Å². The Morgan fingerprint density at radius 2 is 1.59 bits per heavy atom. The largest absolute Gasteiger partial charge is 0.352 e. The Labute approximate surface area is 129 Å². The number of benzene rings is 1. The molecule has 0 aliphatic rings. The van der Waals surface area contributed by atoms with Crippen molar-refractivity contribution in [1.82, 2.24) is 9.97 Å². The summed E-state index contributed by atoms with van der Waals surface area (Å²) in [6.07, 6.45) is 2.94. The molecule has 0 aliphatic heterocycles. The predicted octanol–water partition coefficient (Wildman–Crippen LogP) is 2.75. The van der Waals surface area contributed by atoms with E-state index in [-0.39, 0.29) is 17.7 Å². The summed E-state index contributed by atoms with van der Waals surface area (Å²) < 4.78 is 0. The van der Waals surface area contributed by atoms with E-state index in [9.17, 15) is 9.59 Å². The van der Waals surface area contributed by atoms with Gasteiger partial charge in [-0.05, 0) is 45.0 Å². The van der Waals surface area contributed by atoms with Crippen molar-refractivity contribution in [3.63, 3.8) is 0 Å². The summed E-state index contributed by atoms with van der Waals surface area (Å²) in [7, 11) is 0. The lowest BCUT2D eigenvalue weighted by Crippen LogP contribution is -2.15. The number of hydrogen-bond acceptors (Lipinski definition) is 5. The summed E-state index contributed by atoms with van der Waals surface area (Å²) in [4.78, 5) is 31.5. The zero-order chi connectivity index (χ0) is 16.1. The molecule has 0 aliphatic carbocycles. The first-order valence-electron chi connectivity index (χ1n) is 6.96. The van der Waals surface area contributed by atoms with Crippen molar-refractivity contribution < 1.29 is 9.59 Å². The zero-order valence-corrected chi connectivity index (χ0v) is 12.8. The van der Waals surface area contributed by atoms with Crippen molar-refractivity contribution >= 4 is 23.3 Å². The van der Waals surface area contributed by atoms with Crippen molar-refractivity contribution in [2.24, 2.45) is 0 Å². The van der Waals surface area contributed by atoms with Crippen molar-refractivity contribution in [2.75, 3.05) is 10.6 Å². The SMILES string of the molecule is CC(=O)c1ccc(NC(=O)c2cnc(NC(C)C)nc2)cc1. The Kier molecular flexibility index (Phi) is 4.83. The number of anilines is 2. The molecule has 0 saturated heterocycles. The van der Waals surface area contributed by atoms with Crippen LogP contribution in [-0.2, 0) is 0 Å². The van der Waals surface area contributed by atoms with Gasteiger partial charge in [-0.2, -0.15) is 0 Å². The highest BCUT2D eigenvalue weighted by molar-refractivity contribution is 6.04. The fraction of sp³-hybridized carbons (Fsp3) is 0.250. The van der Waals surface area contributed by atoms with Crippen LogP contribution in [0.15, 0.2) is 36.7 Å². The summed E-state index contributed by atoms with van der Waals surface area (Å²) in [6, 6.07) is 6.93. The van der Waals surface area contributed by atoms with Crippen LogP contribution in [0.25, 0.3) is 0 Å². The first kappa shape index (κ1) is 15.6. The second-order valence-corrected chi connectivity index (χ2v) is 5.18. The van der Waals surface area contributed by atoms with Crippen LogP contribution < -0.4 is 10.6 Å². The van der Waals surface area contributed by atoms with Crippen molar-refractivity contribution in [2.45, 2.75) is 26.8 Å². The Morgan fingerprint density at radius 1 is 1.00 bits per heavy atom. The minimum Gasteiger partial charge on any atom is -0.352 e. The Morgan fingerprint density at radius 3 is 2.09 bits per heavy atom. The molecule has 0 saturated carbocycles. The van der Waals surface area contributed by atoms with E-state index < -0.39 is 0 Å². The van der Waals surface area contributed by atoms with Crippen molar-refractivity contribution in [3.8, 4) is 0 Å². The van der Waals surface area contributed by atoms with Crippen LogP contribution in [0.5, 0.6) is 0 Å². The van der Waals surface area contributed by atoms with Crippen molar-refractivity contribution in [1.29, 1.82) is 0 Å². The predicted molar refractivity (Wildman–Crippen MR) is 85.2 cm³/mol. The molecule has 1 heterocycles. The second kappa shape index (κ2) is 6.80. The molecule has 22 heavy (non-hydrogen) atoms. The van der Waals surface area contributed by atoms with Gasteiger partial charge in [0.25, 0.3) is 5.91 Å². The topological polar surface area (TPSA) is 84.0 Å². The van der Waals surface area contributed by atoms with Gasteiger partial charge in [-0.3, -0.25) is 9.59 Å². The van der Waals surface area contributed by atoms with E-state index in [1.165, 1.54) is 19.3 Å². The average molecular weight is 298 g/mol. The zero-order valence-electron chi connectivity index (χ0n) is 12.8. The molecule has 0 fully saturated rings. The number of amides is 1. The number of aromatic nitrogens is 2. The lowest BCUT2D eigenvalue weighted by molar-refractivity contribution is 0.101. The molecular weight excluding hydrogens is 280 g/mol. The number of nitrogens with one attached hydrogen (secondary N) is 2. The van der Waals surface area contributed by atoms with Gasteiger partial charge in [-0.1, -0.05) is 0 Å². The molecule has 0 unspecified atom stereocenters. The van der Waals surface area contributed by atoms with Crippen LogP contribution >= 0.6 is 0 Å². The third-order valence-corrected chi connectivity index (χ3v) is 2.88. The van der Waals surface area contributed by atoms with E-state index in [1.54, 1.807) is 24.3 Å². The standard InChI is InChI=1S/C16H18N4O2/c1-10(2)19-16-17-8-13(9-18-16)15(22)20-14-6-4-12(5-7-14)11(3)21/h4-10H,1-3H3,(H,20,22)(H,17,18,19). The molecule has 2 aromatic rings. The van der Waals surface area contributed by atoms with Crippen LogP contribution in [0, 0.1) is 0 Å². The van der Waals surface area contributed by atoms with Gasteiger partial charge in [0.15, 0.2) is 5.78 Å². The Hall–Kier alpha value is -2.76. The second-order valence-electron chi connectivity index (χ2n) is 5.18. The summed E-state index contributed by atoms with van der Waals surface area (Å²) in [6.45, 7) is 5.46. The third kappa shape index (κ3) is 4.12. The smallest absolute Gasteiger partial charge is 0.258 e. The van der Waals surface area contributed by atoms with Gasteiger partial charge in [0.1, 0.15) is 0 Å². The van der Waals surface area contributed by atoms with E-state index >= 15 is 0 Å². The number of Topliss-reactive ketones (excluding diaryl/α,β-unsaturated/α-hetero) is 1. The minimum atomic E-state index is -0.299. The van der Waals surface area contributed by atoms with E-state index in [0.717, 1.165) is 0 Å². The van der Waals surface area contributed by atoms with Crippen LogP contribution in [-0.4, -0.2) is 27.7 Å². The molecule has 6 heteroatoms. The molecule has 1 amide bonds. The van der Waals surface area contributed by atoms with E-state index in [0.29, 0.717) is 22.8 Å². The average Bonchev–Trinajstić information content (AvgIpc) is 2.48. The highest BCUT2D eigenvalue weighted by Crippen LogP contribution is 2.12. The van der Waals surface area contributed by atoms with Crippen LogP contribution in [0.1, 0.15) is 41.5 Å². The van der Waals surface area contributed by atoms with Gasteiger partial charge in [0, 0.05) is 29.7 Å². The molecule has 0 radical (unpaired) electrons. The lowest BCUT2D eigenvalue weighted by Gasteiger charge is -2.08. The quantitative estimate of drug-likeness (QED) is 0.829. The number of ketones is 1. The molecule has 2 N–H and O–H groups in total. The van der Waals surface area contributed by atoms with Crippen LogP contribution in [0.3, 0.4) is 0 Å². The van der Waals surface area contributed by atoms with Gasteiger partial charge in [0.2, 0.25) is 5.95 Å². The van der Waals surface area contributed by atoms with Crippen LogP contribution in [0.2, 0.25) is 0 Å². The molecule has 1 aromatic heterocycles. The number of carbonyl (C=O) groups is 2. The highest BCUT2D eigenvalue weighted by atomic mass is 16.1. The summed E-state index contributed by atoms with van der Waals surface area (Å²) in [5.41, 5.74) is 1.58. The molecule has 6 nitrogen and oxygen atoms in total. The summed E-state index contributed by atoms with van der Waals surface area (Å²) >= 11 is 0. The number of nitrogens with zero attached hydrogens (tertiary/aromatic N) is 2. The maximum Gasteiger partial charge on any atom is 0.258 e. The van der Waals surface area contributed by atoms with Gasteiger partial charge in [-0.25, -0.2) is 9.97 Å². The first-order valence-corrected chi connectivity index (χ1v) is 6.96. The van der Waals surface area contributed by atoms with Gasteiger partial charge in [-0.15, -0.1) is 0 Å². The summed E-state index contributed by atoms with van der Waals surface area (Å²) in [5, 5.41) is 5.79. The molecule has 2 rings (SSSR count). The summed E-state index contributed by atoms with van der Waals surface area (Å²) in [5.74, 6) is 0.170. The molecular formula is C16H18N4O2. The van der Waals surface area contributed by atoms with Crippen LogP contribution in [0.4, 0.5) is 11.6 Å². The number of rotatable bonds is 5. The van der Waals surface area contributed by atoms with E-state index in [2.05, 4.69) is 20.6 Å². The van der Waals surface area contributed by atoms with Gasteiger partial charge < -0.3 is 10.6 Å². The highest BCUT2D eigenvalue weighted by Gasteiger charge is 2.08. The number of carbonyl (C=O) groups excluding carboxylic acids is 2. The molecule has 0 spiro atoms. The number of hydrogen-bond donors (Lipinski definition) is 2.